The van der Waals surface area contributed by atoms with E-state index >= 15 is 0 Å². The number of carboxylic acids is 1. The van der Waals surface area contributed by atoms with Crippen LogP contribution in [0.15, 0.2) is 12.4 Å². The molecule has 2 rings (SSSR count). The van der Waals surface area contributed by atoms with Crippen LogP contribution in [0, 0.1) is 5.92 Å². The number of amides is 2. The highest BCUT2D eigenvalue weighted by Crippen LogP contribution is 2.19. The fraction of sp³-hybridized carbons (Fsp3) is 0.444. The zero-order valence-electron chi connectivity index (χ0n) is 8.91. The molecule has 0 unspecified atom stereocenters. The van der Waals surface area contributed by atoms with Crippen LogP contribution < -0.4 is 5.32 Å². The predicted molar refractivity (Wildman–Crippen MR) is 56.2 cm³/mol. The van der Waals surface area contributed by atoms with Crippen molar-refractivity contribution in [2.24, 2.45) is 5.92 Å². The number of nitrogens with one attached hydrogen (secondary N) is 1. The van der Waals surface area contributed by atoms with Gasteiger partial charge in [0.05, 0.1) is 18.8 Å². The van der Waals surface area contributed by atoms with Crippen LogP contribution in [-0.2, 0) is 4.79 Å². The summed E-state index contributed by atoms with van der Waals surface area (Å²) in [6.45, 7) is 0.886. The molecular weight excluding hydrogens is 226 g/mol. The van der Waals surface area contributed by atoms with Gasteiger partial charge in [-0.2, -0.15) is 5.10 Å². The van der Waals surface area contributed by atoms with Crippen molar-refractivity contribution in [3.05, 3.63) is 12.4 Å². The van der Waals surface area contributed by atoms with Gasteiger partial charge in [0, 0.05) is 19.0 Å². The fourth-order valence-corrected chi connectivity index (χ4v) is 1.59. The Hall–Kier alpha value is -2.25. The van der Waals surface area contributed by atoms with Gasteiger partial charge in [-0.1, -0.05) is 0 Å². The molecular formula is C9H11N5O3. The lowest BCUT2D eigenvalue weighted by atomic mass is 9.97. The van der Waals surface area contributed by atoms with E-state index < -0.39 is 5.97 Å². The Morgan fingerprint density at radius 3 is 2.82 bits per heavy atom. The lowest BCUT2D eigenvalue weighted by Crippen LogP contribution is -2.52. The van der Waals surface area contributed by atoms with Crippen LogP contribution in [0.4, 0.5) is 10.7 Å². The Morgan fingerprint density at radius 1 is 1.47 bits per heavy atom. The van der Waals surface area contributed by atoms with E-state index in [1.54, 1.807) is 0 Å². The molecule has 2 N–H and O–H groups in total. The number of hydrogen-bond donors (Lipinski definition) is 2. The number of carbonyl (C=O) groups is 2. The molecule has 0 saturated carbocycles. The van der Waals surface area contributed by atoms with E-state index in [4.69, 9.17) is 5.11 Å². The second kappa shape index (κ2) is 4.73. The highest BCUT2D eigenvalue weighted by Gasteiger charge is 2.32. The summed E-state index contributed by atoms with van der Waals surface area (Å²) >= 11 is 0. The van der Waals surface area contributed by atoms with Gasteiger partial charge in [-0.3, -0.25) is 10.1 Å². The number of likely N-dealkylation sites (tertiary alicyclic amines) is 1. The lowest BCUT2D eigenvalue weighted by Gasteiger charge is -2.38. The Balaban J connectivity index is 1.78. The Kier molecular flexibility index (Phi) is 3.12. The van der Waals surface area contributed by atoms with Crippen LogP contribution >= 0.6 is 0 Å². The van der Waals surface area contributed by atoms with Gasteiger partial charge >= 0.3 is 12.0 Å². The third-order valence-electron chi connectivity index (χ3n) is 2.41. The first-order valence-corrected chi connectivity index (χ1v) is 5.06. The topological polar surface area (TPSA) is 108 Å². The number of nitrogens with zero attached hydrogens (tertiary/aromatic N) is 4. The summed E-state index contributed by atoms with van der Waals surface area (Å²) in [5.41, 5.74) is 0. The number of carboxylic acid groups (broad SMARTS) is 1. The van der Waals surface area contributed by atoms with E-state index in [1.165, 1.54) is 17.3 Å². The van der Waals surface area contributed by atoms with E-state index in [0.717, 1.165) is 0 Å². The molecule has 1 aromatic heterocycles. The van der Waals surface area contributed by atoms with E-state index in [2.05, 4.69) is 20.5 Å². The number of hydrogen-bond acceptors (Lipinski definition) is 5. The average Bonchev–Trinajstić information content (AvgIpc) is 2.23. The molecule has 1 aliphatic rings. The molecule has 0 atom stereocenters. The van der Waals surface area contributed by atoms with Crippen molar-refractivity contribution in [3.63, 3.8) is 0 Å². The maximum Gasteiger partial charge on any atom is 0.324 e. The molecule has 0 aromatic carbocycles. The van der Waals surface area contributed by atoms with Crippen molar-refractivity contribution >= 4 is 17.9 Å². The van der Waals surface area contributed by atoms with Crippen LogP contribution in [0.2, 0.25) is 0 Å². The van der Waals surface area contributed by atoms with Crippen LogP contribution in [0.5, 0.6) is 0 Å². The quantitative estimate of drug-likeness (QED) is 0.754. The van der Waals surface area contributed by atoms with Crippen molar-refractivity contribution in [1.82, 2.24) is 20.1 Å². The number of urea groups is 1. The monoisotopic (exact) mass is 237 g/mol. The fourth-order valence-electron chi connectivity index (χ4n) is 1.59. The molecule has 2 heterocycles. The normalized spacial score (nSPS) is 15.2. The smallest absolute Gasteiger partial charge is 0.324 e. The minimum Gasteiger partial charge on any atom is -0.481 e. The van der Waals surface area contributed by atoms with Crippen molar-refractivity contribution in [2.75, 3.05) is 18.4 Å². The summed E-state index contributed by atoms with van der Waals surface area (Å²) in [6, 6.07) is -0.334. The van der Waals surface area contributed by atoms with E-state index in [0.29, 0.717) is 13.1 Å². The third-order valence-corrected chi connectivity index (χ3v) is 2.41. The average molecular weight is 237 g/mol. The van der Waals surface area contributed by atoms with Crippen molar-refractivity contribution in [2.45, 2.75) is 6.42 Å². The summed E-state index contributed by atoms with van der Waals surface area (Å²) in [7, 11) is 0. The van der Waals surface area contributed by atoms with Crippen molar-refractivity contribution < 1.29 is 14.7 Å². The molecule has 0 aliphatic carbocycles. The molecule has 1 saturated heterocycles. The summed E-state index contributed by atoms with van der Waals surface area (Å²) in [5.74, 6) is -0.669. The Morgan fingerprint density at radius 2 is 2.24 bits per heavy atom. The number of aromatic nitrogens is 3. The molecule has 8 nitrogen and oxygen atoms in total. The molecule has 8 heteroatoms. The first-order chi connectivity index (χ1) is 8.15. The van der Waals surface area contributed by atoms with Crippen LogP contribution in [0.1, 0.15) is 6.42 Å². The second-order valence-electron chi connectivity index (χ2n) is 3.77. The summed E-state index contributed by atoms with van der Waals surface area (Å²) in [4.78, 5) is 27.3. The highest BCUT2D eigenvalue weighted by molar-refractivity contribution is 5.88. The zero-order valence-corrected chi connectivity index (χ0v) is 8.91. The van der Waals surface area contributed by atoms with Crippen LogP contribution in [0.3, 0.4) is 0 Å². The molecule has 17 heavy (non-hydrogen) atoms. The van der Waals surface area contributed by atoms with E-state index in [1.807, 2.05) is 0 Å². The molecule has 2 amide bonds. The second-order valence-corrected chi connectivity index (χ2v) is 3.77. The van der Waals surface area contributed by atoms with Gasteiger partial charge in [0.1, 0.15) is 0 Å². The predicted octanol–water partition coefficient (Wildman–Crippen LogP) is -0.190. The number of aliphatic carboxylic acids is 1. The maximum absolute atomic E-state index is 11.6. The van der Waals surface area contributed by atoms with Crippen molar-refractivity contribution in [3.8, 4) is 0 Å². The Labute approximate surface area is 96.7 Å². The number of rotatable bonds is 3. The standard InChI is InChI=1S/C9H11N5O3/c15-7(16)3-6-4-14(5-6)9(17)12-8-10-1-2-11-13-8/h1-2,6H,3-5H2,(H,15,16)(H,10,12,13,17). The zero-order chi connectivity index (χ0) is 12.3. The van der Waals surface area contributed by atoms with Gasteiger partial charge in [-0.25, -0.2) is 9.78 Å². The molecule has 90 valence electrons. The number of anilines is 1. The molecule has 0 bridgehead atoms. The molecule has 1 aliphatic heterocycles. The lowest BCUT2D eigenvalue weighted by molar-refractivity contribution is -0.139. The van der Waals surface area contributed by atoms with Crippen LogP contribution in [-0.4, -0.2) is 50.3 Å². The minimum atomic E-state index is -0.842. The first kappa shape index (κ1) is 11.2. The molecule has 0 spiro atoms. The molecule has 0 radical (unpaired) electrons. The maximum atomic E-state index is 11.6. The van der Waals surface area contributed by atoms with Crippen LogP contribution in [0.25, 0.3) is 0 Å². The van der Waals surface area contributed by atoms with Gasteiger partial charge in [0.25, 0.3) is 5.95 Å². The van der Waals surface area contributed by atoms with Gasteiger partial charge in [-0.15, -0.1) is 5.10 Å². The largest absolute Gasteiger partial charge is 0.481 e. The molecule has 1 fully saturated rings. The van der Waals surface area contributed by atoms with Gasteiger partial charge < -0.3 is 10.0 Å². The van der Waals surface area contributed by atoms with E-state index in [9.17, 15) is 9.59 Å². The summed E-state index contributed by atoms with van der Waals surface area (Å²) in [6.07, 6.45) is 2.92. The minimum absolute atomic E-state index is 0.0352. The highest BCUT2D eigenvalue weighted by atomic mass is 16.4. The van der Waals surface area contributed by atoms with Gasteiger partial charge in [0.2, 0.25) is 0 Å². The van der Waals surface area contributed by atoms with E-state index in [-0.39, 0.29) is 24.3 Å². The van der Waals surface area contributed by atoms with Crippen molar-refractivity contribution in [1.29, 1.82) is 0 Å². The summed E-state index contributed by atoms with van der Waals surface area (Å²) in [5, 5.41) is 18.2. The SMILES string of the molecule is O=C(O)CC1CN(C(=O)Nc2nccnn2)C1. The summed E-state index contributed by atoms with van der Waals surface area (Å²) < 4.78 is 0. The Bertz CT molecular complexity index is 418. The first-order valence-electron chi connectivity index (χ1n) is 5.06. The number of carbonyl (C=O) groups excluding carboxylic acids is 1. The molecule has 1 aromatic rings. The third kappa shape index (κ3) is 2.86. The van der Waals surface area contributed by atoms with Gasteiger partial charge in [-0.05, 0) is 0 Å². The van der Waals surface area contributed by atoms with Gasteiger partial charge in [0.15, 0.2) is 0 Å².